The van der Waals surface area contributed by atoms with E-state index in [4.69, 9.17) is 0 Å². The van der Waals surface area contributed by atoms with Gasteiger partial charge in [0.15, 0.2) is 0 Å². The highest BCUT2D eigenvalue weighted by atomic mass is 28.1. The number of rotatable bonds is 4. The Morgan fingerprint density at radius 2 is 1.73 bits per heavy atom. The van der Waals surface area contributed by atoms with Crippen molar-refractivity contribution in [1.82, 2.24) is 10.6 Å². The van der Waals surface area contributed by atoms with Crippen LogP contribution in [-0.2, 0) is 0 Å². The van der Waals surface area contributed by atoms with Gasteiger partial charge < -0.3 is 10.6 Å². The van der Waals surface area contributed by atoms with E-state index in [1.165, 1.54) is 42.1 Å². The van der Waals surface area contributed by atoms with Crippen LogP contribution in [0.3, 0.4) is 0 Å². The average molecular weight is 228 g/mol. The van der Waals surface area contributed by atoms with Gasteiger partial charge in [0, 0.05) is 27.4 Å². The first-order valence-electron chi connectivity index (χ1n) is 6.37. The molecule has 1 saturated heterocycles. The van der Waals surface area contributed by atoms with Gasteiger partial charge in [-0.1, -0.05) is 6.04 Å². The van der Waals surface area contributed by atoms with Crippen molar-refractivity contribution in [2.75, 3.05) is 6.54 Å². The molecule has 0 aromatic carbocycles. The lowest BCUT2D eigenvalue weighted by Gasteiger charge is -2.46. The minimum Gasteiger partial charge on any atom is -0.314 e. The molecular weight excluding hydrogens is 200 g/mol. The van der Waals surface area contributed by atoms with E-state index < -0.39 is 0 Å². The summed E-state index contributed by atoms with van der Waals surface area (Å²) in [4.78, 5) is 0. The SMILES string of the molecule is CC1(C)CC(NCCC[SiH3])CC(C)(C)N1. The maximum Gasteiger partial charge on any atom is 0.0144 e. The summed E-state index contributed by atoms with van der Waals surface area (Å²) in [6.07, 6.45) is 3.85. The van der Waals surface area contributed by atoms with Crippen LogP contribution in [-0.4, -0.2) is 33.9 Å². The molecule has 0 radical (unpaired) electrons. The van der Waals surface area contributed by atoms with Gasteiger partial charge in [0.25, 0.3) is 0 Å². The molecule has 0 saturated carbocycles. The minimum atomic E-state index is 0.278. The van der Waals surface area contributed by atoms with Crippen molar-refractivity contribution in [2.24, 2.45) is 0 Å². The van der Waals surface area contributed by atoms with Gasteiger partial charge in [0.05, 0.1) is 0 Å². The monoisotopic (exact) mass is 228 g/mol. The van der Waals surface area contributed by atoms with Crippen LogP contribution < -0.4 is 10.6 Å². The van der Waals surface area contributed by atoms with Crippen LogP contribution in [0.4, 0.5) is 0 Å². The van der Waals surface area contributed by atoms with Crippen molar-refractivity contribution >= 4 is 10.2 Å². The zero-order chi connectivity index (χ0) is 11.5. The second kappa shape index (κ2) is 4.98. The standard InChI is InChI=1S/C12H28N2Si/c1-11(2)8-10(13-6-5-7-15)9-12(3,4)14-11/h10,13-14H,5-9H2,1-4,15H3. The summed E-state index contributed by atoms with van der Waals surface area (Å²) < 4.78 is 0. The van der Waals surface area contributed by atoms with E-state index in [-0.39, 0.29) is 11.1 Å². The molecule has 0 aromatic heterocycles. The van der Waals surface area contributed by atoms with Crippen LogP contribution in [0, 0.1) is 0 Å². The fourth-order valence-corrected chi connectivity index (χ4v) is 3.30. The van der Waals surface area contributed by atoms with Crippen molar-refractivity contribution in [3.05, 3.63) is 0 Å². The Labute approximate surface area is 98.0 Å². The Balaban J connectivity index is 2.44. The fraction of sp³-hybridized carbons (Fsp3) is 1.00. The first kappa shape index (κ1) is 13.2. The summed E-state index contributed by atoms with van der Waals surface area (Å²) in [6.45, 7) is 10.5. The maximum atomic E-state index is 3.72. The maximum absolute atomic E-state index is 3.72. The highest BCUT2D eigenvalue weighted by Gasteiger charge is 2.37. The van der Waals surface area contributed by atoms with E-state index in [1.54, 1.807) is 0 Å². The van der Waals surface area contributed by atoms with Crippen molar-refractivity contribution < 1.29 is 0 Å². The highest BCUT2D eigenvalue weighted by Crippen LogP contribution is 2.28. The molecule has 0 spiro atoms. The third-order valence-electron chi connectivity index (χ3n) is 3.15. The van der Waals surface area contributed by atoms with E-state index in [2.05, 4.69) is 38.3 Å². The van der Waals surface area contributed by atoms with Gasteiger partial charge in [-0.15, -0.1) is 0 Å². The molecule has 1 aliphatic heterocycles. The van der Waals surface area contributed by atoms with Crippen molar-refractivity contribution in [3.63, 3.8) is 0 Å². The predicted octanol–water partition coefficient (Wildman–Crippen LogP) is 1.06. The smallest absolute Gasteiger partial charge is 0.0144 e. The largest absolute Gasteiger partial charge is 0.314 e. The quantitative estimate of drug-likeness (QED) is 0.555. The minimum absolute atomic E-state index is 0.278. The normalized spacial score (nSPS) is 25.6. The molecule has 2 nitrogen and oxygen atoms in total. The van der Waals surface area contributed by atoms with Gasteiger partial charge in [-0.05, 0) is 53.5 Å². The third-order valence-corrected chi connectivity index (χ3v) is 3.86. The molecule has 0 aromatic rings. The van der Waals surface area contributed by atoms with Crippen molar-refractivity contribution in [2.45, 2.75) is 70.1 Å². The molecule has 90 valence electrons. The Bertz CT molecular complexity index is 186. The molecule has 1 fully saturated rings. The fourth-order valence-electron chi connectivity index (χ4n) is 2.95. The number of nitrogens with one attached hydrogen (secondary N) is 2. The van der Waals surface area contributed by atoms with Crippen LogP contribution in [0.2, 0.25) is 6.04 Å². The number of piperidine rings is 1. The van der Waals surface area contributed by atoms with E-state index in [9.17, 15) is 0 Å². The van der Waals surface area contributed by atoms with E-state index >= 15 is 0 Å². The van der Waals surface area contributed by atoms with E-state index in [0.717, 1.165) is 0 Å². The van der Waals surface area contributed by atoms with Gasteiger partial charge in [0.1, 0.15) is 0 Å². The summed E-state index contributed by atoms with van der Waals surface area (Å²) in [5, 5.41) is 7.44. The lowest BCUT2D eigenvalue weighted by Crippen LogP contribution is -2.61. The lowest BCUT2D eigenvalue weighted by molar-refractivity contribution is 0.146. The van der Waals surface area contributed by atoms with Crippen LogP contribution in [0.25, 0.3) is 0 Å². The Kier molecular flexibility index (Phi) is 4.38. The molecule has 0 atom stereocenters. The molecule has 1 heterocycles. The van der Waals surface area contributed by atoms with Gasteiger partial charge in [-0.3, -0.25) is 0 Å². The Hall–Kier alpha value is 0.137. The van der Waals surface area contributed by atoms with Crippen LogP contribution >= 0.6 is 0 Å². The molecule has 3 heteroatoms. The molecule has 0 amide bonds. The summed E-state index contributed by atoms with van der Waals surface area (Å²) in [6, 6.07) is 2.12. The van der Waals surface area contributed by atoms with Gasteiger partial charge >= 0.3 is 0 Å². The third kappa shape index (κ3) is 4.66. The van der Waals surface area contributed by atoms with Crippen molar-refractivity contribution in [1.29, 1.82) is 0 Å². The molecule has 0 unspecified atom stereocenters. The lowest BCUT2D eigenvalue weighted by atomic mass is 9.79. The van der Waals surface area contributed by atoms with Gasteiger partial charge in [-0.25, -0.2) is 0 Å². The summed E-state index contributed by atoms with van der Waals surface area (Å²) in [5.41, 5.74) is 0.556. The Morgan fingerprint density at radius 1 is 1.20 bits per heavy atom. The molecule has 1 rings (SSSR count). The highest BCUT2D eigenvalue weighted by molar-refractivity contribution is 6.08. The van der Waals surface area contributed by atoms with Crippen LogP contribution in [0.15, 0.2) is 0 Å². The molecule has 0 aliphatic carbocycles. The Morgan fingerprint density at radius 3 is 2.20 bits per heavy atom. The van der Waals surface area contributed by atoms with E-state index in [0.29, 0.717) is 6.04 Å². The van der Waals surface area contributed by atoms with Crippen LogP contribution in [0.5, 0.6) is 0 Å². The molecule has 1 aliphatic rings. The summed E-state index contributed by atoms with van der Waals surface area (Å²) in [5.74, 6) is 0. The second-order valence-electron chi connectivity index (χ2n) is 6.31. The molecule has 2 N–H and O–H groups in total. The predicted molar refractivity (Wildman–Crippen MR) is 71.7 cm³/mol. The first-order chi connectivity index (χ1) is 6.85. The summed E-state index contributed by atoms with van der Waals surface area (Å²) in [7, 11) is 1.35. The zero-order valence-corrected chi connectivity index (χ0v) is 13.1. The number of hydrogen-bond donors (Lipinski definition) is 2. The topological polar surface area (TPSA) is 24.1 Å². The zero-order valence-electron chi connectivity index (χ0n) is 11.1. The molecular formula is C12H28N2Si. The number of hydrogen-bond acceptors (Lipinski definition) is 2. The van der Waals surface area contributed by atoms with E-state index in [1.807, 2.05) is 0 Å². The summed E-state index contributed by atoms with van der Waals surface area (Å²) >= 11 is 0. The molecule has 15 heavy (non-hydrogen) atoms. The first-order valence-corrected chi connectivity index (χ1v) is 7.79. The van der Waals surface area contributed by atoms with Crippen LogP contribution in [0.1, 0.15) is 47.0 Å². The average Bonchev–Trinajstić information content (AvgIpc) is 1.98. The van der Waals surface area contributed by atoms with Gasteiger partial charge in [-0.2, -0.15) is 0 Å². The van der Waals surface area contributed by atoms with Crippen molar-refractivity contribution in [3.8, 4) is 0 Å². The second-order valence-corrected chi connectivity index (χ2v) is 7.31. The van der Waals surface area contributed by atoms with Gasteiger partial charge in [0.2, 0.25) is 0 Å². The molecule has 0 bridgehead atoms.